The zero-order valence-corrected chi connectivity index (χ0v) is 21.0. The van der Waals surface area contributed by atoms with Gasteiger partial charge in [-0.3, -0.25) is 9.80 Å². The first-order valence-electron chi connectivity index (χ1n) is 12.7. The molecule has 1 unspecified atom stereocenters. The Hall–Kier alpha value is -4.95. The average Bonchev–Trinajstić information content (AvgIpc) is 3.43. The standard InChI is InChI=1S/C33H28N4O/c34-24-29(33(38)35-21-20-25-10-4-1-5-11-25)22-26-16-18-30(19-17-26)37-32(28-14-8-3-9-15-28)23-31(36-37)27-12-6-2-7-13-27/h1-19,22,32H,20-21,23H2,(H,35,38). The highest BCUT2D eigenvalue weighted by atomic mass is 16.1. The number of benzene rings is 4. The van der Waals surface area contributed by atoms with Crippen LogP contribution in [0.15, 0.2) is 126 Å². The molecular weight excluding hydrogens is 468 g/mol. The van der Waals surface area contributed by atoms with Crippen molar-refractivity contribution in [1.29, 1.82) is 5.26 Å². The maximum absolute atomic E-state index is 12.6. The highest BCUT2D eigenvalue weighted by Gasteiger charge is 2.29. The summed E-state index contributed by atoms with van der Waals surface area (Å²) in [5.74, 6) is -0.367. The number of hydrogen-bond donors (Lipinski definition) is 1. The maximum atomic E-state index is 12.6. The number of rotatable bonds is 8. The predicted molar refractivity (Wildman–Crippen MR) is 152 cm³/mol. The summed E-state index contributed by atoms with van der Waals surface area (Å²) in [5.41, 5.74) is 6.32. The second kappa shape index (κ2) is 11.9. The Morgan fingerprint density at radius 3 is 2.18 bits per heavy atom. The number of anilines is 1. The largest absolute Gasteiger partial charge is 0.351 e. The van der Waals surface area contributed by atoms with Crippen molar-refractivity contribution >= 4 is 23.4 Å². The van der Waals surface area contributed by atoms with E-state index in [0.717, 1.165) is 34.5 Å². The van der Waals surface area contributed by atoms with Crippen molar-refractivity contribution in [1.82, 2.24) is 5.32 Å². The van der Waals surface area contributed by atoms with Crippen molar-refractivity contribution in [3.63, 3.8) is 0 Å². The Labute approximate surface area is 223 Å². The first kappa shape index (κ1) is 24.7. The zero-order chi connectivity index (χ0) is 26.2. The van der Waals surface area contributed by atoms with Gasteiger partial charge in [-0.15, -0.1) is 0 Å². The lowest BCUT2D eigenvalue weighted by molar-refractivity contribution is -0.117. The highest BCUT2D eigenvalue weighted by molar-refractivity contribution is 6.03. The van der Waals surface area contributed by atoms with Crippen molar-refractivity contribution < 1.29 is 4.79 Å². The van der Waals surface area contributed by atoms with Gasteiger partial charge in [0.05, 0.1) is 17.4 Å². The first-order valence-corrected chi connectivity index (χ1v) is 12.7. The minimum absolute atomic E-state index is 0.0814. The Morgan fingerprint density at radius 1 is 0.895 bits per heavy atom. The van der Waals surface area contributed by atoms with Gasteiger partial charge < -0.3 is 5.32 Å². The Morgan fingerprint density at radius 2 is 1.53 bits per heavy atom. The molecule has 5 heteroatoms. The molecule has 4 aromatic carbocycles. The van der Waals surface area contributed by atoms with Crippen LogP contribution < -0.4 is 10.3 Å². The van der Waals surface area contributed by atoms with E-state index in [4.69, 9.17) is 5.10 Å². The fourth-order valence-corrected chi connectivity index (χ4v) is 4.59. The summed E-state index contributed by atoms with van der Waals surface area (Å²) in [6, 6.07) is 40.5. The number of nitrogens with zero attached hydrogens (tertiary/aromatic N) is 3. The number of nitrogens with one attached hydrogen (secondary N) is 1. The van der Waals surface area contributed by atoms with Crippen LogP contribution in [0.25, 0.3) is 6.08 Å². The number of hydrazone groups is 1. The van der Waals surface area contributed by atoms with E-state index in [9.17, 15) is 10.1 Å². The van der Waals surface area contributed by atoms with E-state index in [1.807, 2.05) is 84.9 Å². The Kier molecular flexibility index (Phi) is 7.72. The van der Waals surface area contributed by atoms with Crippen molar-refractivity contribution in [2.45, 2.75) is 18.9 Å². The van der Waals surface area contributed by atoms with Crippen molar-refractivity contribution in [3.8, 4) is 6.07 Å². The molecule has 1 aliphatic rings. The molecule has 0 spiro atoms. The van der Waals surface area contributed by atoms with Gasteiger partial charge in [0, 0.05) is 13.0 Å². The molecule has 1 atom stereocenters. The molecule has 0 saturated carbocycles. The maximum Gasteiger partial charge on any atom is 0.261 e. The average molecular weight is 497 g/mol. The monoisotopic (exact) mass is 496 g/mol. The van der Waals surface area contributed by atoms with E-state index in [1.54, 1.807) is 6.08 Å². The van der Waals surface area contributed by atoms with Crippen LogP contribution >= 0.6 is 0 Å². The summed E-state index contributed by atoms with van der Waals surface area (Å²) in [6.07, 6.45) is 3.14. The normalized spacial score (nSPS) is 15.0. The van der Waals surface area contributed by atoms with Crippen LogP contribution in [0.2, 0.25) is 0 Å². The lowest BCUT2D eigenvalue weighted by Crippen LogP contribution is -2.26. The zero-order valence-electron chi connectivity index (χ0n) is 21.0. The fraction of sp³-hybridized carbons (Fsp3) is 0.121. The second-order valence-corrected chi connectivity index (χ2v) is 9.14. The molecule has 0 fully saturated rings. The van der Waals surface area contributed by atoms with Crippen LogP contribution in [0.3, 0.4) is 0 Å². The third kappa shape index (κ3) is 5.88. The van der Waals surface area contributed by atoms with E-state index >= 15 is 0 Å². The van der Waals surface area contributed by atoms with Crippen molar-refractivity contribution in [2.24, 2.45) is 5.10 Å². The van der Waals surface area contributed by atoms with E-state index in [1.165, 1.54) is 5.56 Å². The number of carbonyl (C=O) groups is 1. The molecule has 0 radical (unpaired) electrons. The van der Waals surface area contributed by atoms with Crippen LogP contribution in [-0.4, -0.2) is 18.2 Å². The summed E-state index contributed by atoms with van der Waals surface area (Å²) in [4.78, 5) is 12.6. The quantitative estimate of drug-likeness (QED) is 0.230. The van der Waals surface area contributed by atoms with Crippen LogP contribution in [0.4, 0.5) is 5.69 Å². The molecule has 5 nitrogen and oxygen atoms in total. The van der Waals surface area contributed by atoms with Gasteiger partial charge in [-0.25, -0.2) is 0 Å². The smallest absolute Gasteiger partial charge is 0.261 e. The summed E-state index contributed by atoms with van der Waals surface area (Å²) < 4.78 is 0. The topological polar surface area (TPSA) is 68.5 Å². The second-order valence-electron chi connectivity index (χ2n) is 9.14. The Bertz CT molecular complexity index is 1470. The first-order chi connectivity index (χ1) is 18.7. The van der Waals surface area contributed by atoms with E-state index in [2.05, 4.69) is 46.7 Å². The van der Waals surface area contributed by atoms with E-state index < -0.39 is 0 Å². The fourth-order valence-electron chi connectivity index (χ4n) is 4.59. The molecule has 1 N–H and O–H groups in total. The molecule has 5 rings (SSSR count). The molecule has 0 aromatic heterocycles. The molecular formula is C33H28N4O. The molecule has 0 aliphatic carbocycles. The summed E-state index contributed by atoms with van der Waals surface area (Å²) >= 11 is 0. The van der Waals surface area contributed by atoms with Gasteiger partial charge >= 0.3 is 0 Å². The van der Waals surface area contributed by atoms with Gasteiger partial charge in [0.15, 0.2) is 0 Å². The van der Waals surface area contributed by atoms with Gasteiger partial charge in [0.2, 0.25) is 0 Å². The van der Waals surface area contributed by atoms with Crippen LogP contribution in [0, 0.1) is 11.3 Å². The summed E-state index contributed by atoms with van der Waals surface area (Å²) in [7, 11) is 0. The molecule has 38 heavy (non-hydrogen) atoms. The third-order valence-electron chi connectivity index (χ3n) is 6.58. The van der Waals surface area contributed by atoms with Gasteiger partial charge in [-0.1, -0.05) is 103 Å². The molecule has 1 amide bonds. The number of amides is 1. The number of carbonyl (C=O) groups excluding carboxylic acids is 1. The minimum atomic E-state index is -0.367. The summed E-state index contributed by atoms with van der Waals surface area (Å²) in [5, 5.41) is 19.5. The van der Waals surface area contributed by atoms with Crippen molar-refractivity contribution in [3.05, 3.63) is 143 Å². The van der Waals surface area contributed by atoms with Gasteiger partial charge in [0.25, 0.3) is 5.91 Å². The lowest BCUT2D eigenvalue weighted by Gasteiger charge is -2.24. The lowest BCUT2D eigenvalue weighted by atomic mass is 9.98. The van der Waals surface area contributed by atoms with Gasteiger partial charge in [0.1, 0.15) is 11.6 Å². The molecule has 1 heterocycles. The third-order valence-corrected chi connectivity index (χ3v) is 6.58. The minimum Gasteiger partial charge on any atom is -0.351 e. The van der Waals surface area contributed by atoms with Gasteiger partial charge in [-0.05, 0) is 46.9 Å². The molecule has 4 aromatic rings. The molecule has 0 bridgehead atoms. The summed E-state index contributed by atoms with van der Waals surface area (Å²) in [6.45, 7) is 0.471. The SMILES string of the molecule is N#CC(=Cc1ccc(N2N=C(c3ccccc3)CC2c2ccccc2)cc1)C(=O)NCCc1ccccc1. The van der Waals surface area contributed by atoms with E-state index in [0.29, 0.717) is 13.0 Å². The van der Waals surface area contributed by atoms with Crippen LogP contribution in [-0.2, 0) is 11.2 Å². The Balaban J connectivity index is 1.32. The molecule has 0 saturated heterocycles. The molecule has 1 aliphatic heterocycles. The number of hydrogen-bond acceptors (Lipinski definition) is 4. The highest BCUT2D eigenvalue weighted by Crippen LogP contribution is 2.36. The van der Waals surface area contributed by atoms with E-state index in [-0.39, 0.29) is 17.5 Å². The van der Waals surface area contributed by atoms with Crippen LogP contribution in [0.5, 0.6) is 0 Å². The molecule has 186 valence electrons. The van der Waals surface area contributed by atoms with Crippen molar-refractivity contribution in [2.75, 3.05) is 11.6 Å². The van der Waals surface area contributed by atoms with Gasteiger partial charge in [-0.2, -0.15) is 10.4 Å². The van der Waals surface area contributed by atoms with Crippen LogP contribution in [0.1, 0.15) is 34.7 Å². The predicted octanol–water partition coefficient (Wildman–Crippen LogP) is 6.31. The number of nitriles is 1.